The lowest BCUT2D eigenvalue weighted by atomic mass is 9.90. The van der Waals surface area contributed by atoms with Gasteiger partial charge in [0.15, 0.2) is 0 Å². The molecule has 1 amide bonds. The molecule has 1 saturated heterocycles. The first kappa shape index (κ1) is 24.1. The van der Waals surface area contributed by atoms with E-state index in [-0.39, 0.29) is 5.91 Å². The van der Waals surface area contributed by atoms with E-state index in [0.717, 1.165) is 76.2 Å². The number of hydrogen-bond acceptors (Lipinski definition) is 5. The molecule has 6 nitrogen and oxygen atoms in total. The number of amides is 1. The van der Waals surface area contributed by atoms with Crippen LogP contribution in [0.25, 0.3) is 33.4 Å². The van der Waals surface area contributed by atoms with Crippen molar-refractivity contribution in [2.24, 2.45) is 4.99 Å². The van der Waals surface area contributed by atoms with Gasteiger partial charge in [-0.05, 0) is 56.7 Å². The quantitative estimate of drug-likeness (QED) is 0.392. The van der Waals surface area contributed by atoms with Gasteiger partial charge in [-0.15, -0.1) is 0 Å². The minimum atomic E-state index is 0.0755. The van der Waals surface area contributed by atoms with Crippen molar-refractivity contribution in [2.45, 2.75) is 20.8 Å². The Kier molecular flexibility index (Phi) is 7.05. The minimum absolute atomic E-state index is 0.0755. The van der Waals surface area contributed by atoms with E-state index in [9.17, 15) is 4.79 Å². The maximum atomic E-state index is 13.7. The molecule has 2 aromatic carbocycles. The molecule has 1 aliphatic carbocycles. The van der Waals surface area contributed by atoms with Gasteiger partial charge in [0, 0.05) is 85.7 Å². The molecule has 0 unspecified atom stereocenters. The summed E-state index contributed by atoms with van der Waals surface area (Å²) in [5.41, 5.74) is 5.60. The number of carbonyl (C=O) groups excluding carboxylic acids is 1. The van der Waals surface area contributed by atoms with Crippen molar-refractivity contribution in [2.75, 3.05) is 50.7 Å². The summed E-state index contributed by atoms with van der Waals surface area (Å²) in [6.45, 7) is 12.0. The van der Waals surface area contributed by atoms with Gasteiger partial charge in [-0.25, -0.2) is 0 Å². The second-order valence-corrected chi connectivity index (χ2v) is 9.07. The zero-order valence-corrected chi connectivity index (χ0v) is 21.4. The first-order valence-corrected chi connectivity index (χ1v) is 13.0. The van der Waals surface area contributed by atoms with E-state index in [0.29, 0.717) is 19.6 Å². The largest absolute Gasteiger partial charge is 0.456 e. The molecule has 1 fully saturated rings. The van der Waals surface area contributed by atoms with Crippen LogP contribution >= 0.6 is 0 Å². The fourth-order valence-electron chi connectivity index (χ4n) is 5.15. The first-order valence-electron chi connectivity index (χ1n) is 13.0. The van der Waals surface area contributed by atoms with Crippen molar-refractivity contribution in [3.8, 4) is 22.5 Å². The Balaban J connectivity index is 1.77. The van der Waals surface area contributed by atoms with Gasteiger partial charge in [-0.3, -0.25) is 9.79 Å². The van der Waals surface area contributed by atoms with Crippen LogP contribution in [0.2, 0.25) is 0 Å². The molecule has 5 rings (SSSR count). The number of nitrogens with one attached hydrogen (secondary N) is 1. The highest BCUT2D eigenvalue weighted by Gasteiger charge is 2.25. The van der Waals surface area contributed by atoms with Gasteiger partial charge in [0.2, 0.25) is 0 Å². The highest BCUT2D eigenvalue weighted by Crippen LogP contribution is 2.42. The van der Waals surface area contributed by atoms with Gasteiger partial charge in [-0.1, -0.05) is 18.2 Å². The maximum Gasteiger partial charge on any atom is 0.254 e. The molecule has 2 heterocycles. The number of anilines is 1. The number of nitrogens with zero attached hydrogens (tertiary/aromatic N) is 3. The van der Waals surface area contributed by atoms with Gasteiger partial charge < -0.3 is 19.5 Å². The molecule has 0 radical (unpaired) electrons. The third-order valence-electron chi connectivity index (χ3n) is 6.99. The topological polar surface area (TPSA) is 61.1 Å². The molecule has 0 atom stereocenters. The lowest BCUT2D eigenvalue weighted by Gasteiger charge is -2.28. The first-order chi connectivity index (χ1) is 17.6. The Labute approximate surface area is 212 Å². The van der Waals surface area contributed by atoms with Crippen LogP contribution in [0, 0.1) is 0 Å². The smallest absolute Gasteiger partial charge is 0.254 e. The van der Waals surface area contributed by atoms with Gasteiger partial charge in [-0.2, -0.15) is 0 Å². The molecule has 2 aromatic rings. The second-order valence-electron chi connectivity index (χ2n) is 9.07. The lowest BCUT2D eigenvalue weighted by molar-refractivity contribution is 0.0736. The minimum Gasteiger partial charge on any atom is -0.456 e. The van der Waals surface area contributed by atoms with Crippen LogP contribution in [0.4, 0.5) is 5.69 Å². The third-order valence-corrected chi connectivity index (χ3v) is 6.99. The predicted octanol–water partition coefficient (Wildman–Crippen LogP) is 5.02. The van der Waals surface area contributed by atoms with Crippen LogP contribution in [-0.2, 0) is 0 Å². The maximum absolute atomic E-state index is 13.7. The number of hydrogen-bond donors (Lipinski definition) is 1. The summed E-state index contributed by atoms with van der Waals surface area (Å²) in [7, 11) is 0. The number of fused-ring (bicyclic) bond motifs is 2. The third kappa shape index (κ3) is 4.49. The molecule has 0 aromatic heterocycles. The van der Waals surface area contributed by atoms with E-state index in [1.54, 1.807) is 0 Å². The van der Waals surface area contributed by atoms with E-state index in [4.69, 9.17) is 4.42 Å². The predicted molar refractivity (Wildman–Crippen MR) is 147 cm³/mol. The number of piperazine rings is 1. The van der Waals surface area contributed by atoms with Crippen LogP contribution in [-0.4, -0.2) is 56.6 Å². The standard InChI is InChI=1S/C30H34N4O2/c1-4-32-21-11-13-25-27(19-21)36-28-20-22(33(5-2)6-3)12-14-26(28)29(25)23-9-7-8-10-24(23)30(35)34-17-15-31-16-18-34/h7-14,19-20,31H,4-6,15-18H2,1-3H3. The molecule has 0 bridgehead atoms. The molecule has 6 heteroatoms. The zero-order valence-electron chi connectivity index (χ0n) is 21.4. The zero-order chi connectivity index (χ0) is 25.1. The van der Waals surface area contributed by atoms with E-state index in [2.05, 4.69) is 59.4 Å². The van der Waals surface area contributed by atoms with Crippen molar-refractivity contribution in [1.82, 2.24) is 10.2 Å². The van der Waals surface area contributed by atoms with Crippen molar-refractivity contribution in [1.29, 1.82) is 0 Å². The van der Waals surface area contributed by atoms with Gasteiger partial charge in [0.05, 0.1) is 5.36 Å². The molecule has 36 heavy (non-hydrogen) atoms. The van der Waals surface area contributed by atoms with Gasteiger partial charge in [0.25, 0.3) is 5.91 Å². The fourth-order valence-corrected chi connectivity index (χ4v) is 5.15. The second kappa shape index (κ2) is 10.5. The Morgan fingerprint density at radius 1 is 0.972 bits per heavy atom. The van der Waals surface area contributed by atoms with Crippen LogP contribution in [0.3, 0.4) is 0 Å². The number of rotatable bonds is 6. The van der Waals surface area contributed by atoms with E-state index >= 15 is 0 Å². The Bertz CT molecular complexity index is 1410. The van der Waals surface area contributed by atoms with E-state index in [1.165, 1.54) is 0 Å². The average molecular weight is 483 g/mol. The van der Waals surface area contributed by atoms with Crippen molar-refractivity contribution < 1.29 is 9.21 Å². The Hall–Kier alpha value is -3.64. The van der Waals surface area contributed by atoms with Gasteiger partial charge in [0.1, 0.15) is 11.3 Å². The van der Waals surface area contributed by atoms with Crippen molar-refractivity contribution in [3.05, 3.63) is 71.6 Å². The Morgan fingerprint density at radius 3 is 2.50 bits per heavy atom. The molecule has 1 N–H and O–H groups in total. The summed E-state index contributed by atoms with van der Waals surface area (Å²) < 4.78 is 6.50. The highest BCUT2D eigenvalue weighted by atomic mass is 16.3. The normalized spacial score (nSPS) is 14.5. The average Bonchev–Trinajstić information content (AvgIpc) is 2.92. The summed E-state index contributed by atoms with van der Waals surface area (Å²) in [4.78, 5) is 22.5. The monoisotopic (exact) mass is 482 g/mol. The lowest BCUT2D eigenvalue weighted by Crippen LogP contribution is -2.46. The van der Waals surface area contributed by atoms with Crippen LogP contribution < -0.4 is 15.6 Å². The summed E-state index contributed by atoms with van der Waals surface area (Å²) in [5, 5.41) is 5.23. The van der Waals surface area contributed by atoms with Gasteiger partial charge >= 0.3 is 0 Å². The van der Waals surface area contributed by atoms with E-state index in [1.807, 2.05) is 42.2 Å². The molecule has 0 saturated carbocycles. The van der Waals surface area contributed by atoms with E-state index < -0.39 is 0 Å². The summed E-state index contributed by atoms with van der Waals surface area (Å²) in [6, 6.07) is 20.5. The number of benzene rings is 3. The van der Waals surface area contributed by atoms with Crippen LogP contribution in [0.1, 0.15) is 31.1 Å². The summed E-state index contributed by atoms with van der Waals surface area (Å²) in [6.07, 6.45) is 0. The van der Waals surface area contributed by atoms with Crippen LogP contribution in [0.15, 0.2) is 70.1 Å². The summed E-state index contributed by atoms with van der Waals surface area (Å²) in [5.74, 6) is 0.847. The molecule has 186 valence electrons. The molecule has 3 aliphatic rings. The SMILES string of the molecule is CCN=c1ccc2c(-c3ccccc3C(=O)N3CCNCC3)c3ccc(N(CC)CC)cc3oc-2c1. The van der Waals surface area contributed by atoms with Crippen molar-refractivity contribution in [3.63, 3.8) is 0 Å². The molecule has 0 spiro atoms. The highest BCUT2D eigenvalue weighted by molar-refractivity contribution is 6.09. The van der Waals surface area contributed by atoms with Crippen molar-refractivity contribution >= 4 is 22.6 Å². The number of carbonyl (C=O) groups is 1. The fraction of sp³-hybridized carbons (Fsp3) is 0.333. The molecular weight excluding hydrogens is 448 g/mol. The Morgan fingerprint density at radius 2 is 1.75 bits per heavy atom. The summed E-state index contributed by atoms with van der Waals surface area (Å²) >= 11 is 0. The molecular formula is C30H34N4O2. The van der Waals surface area contributed by atoms with Crippen LogP contribution in [0.5, 0.6) is 0 Å². The molecule has 2 aliphatic heterocycles.